The number of ether oxygens (including phenoxy) is 1. The van der Waals surface area contributed by atoms with Gasteiger partial charge in [-0.25, -0.2) is 0 Å². The summed E-state index contributed by atoms with van der Waals surface area (Å²) in [6, 6.07) is 6.58. The zero-order valence-corrected chi connectivity index (χ0v) is 12.0. The Labute approximate surface area is 106 Å². The molecule has 17 heavy (non-hydrogen) atoms. The first-order chi connectivity index (χ1) is 7.84. The number of rotatable bonds is 4. The van der Waals surface area contributed by atoms with Crippen molar-refractivity contribution in [1.29, 1.82) is 0 Å². The zero-order valence-electron chi connectivity index (χ0n) is 12.0. The molecule has 1 aromatic carbocycles. The summed E-state index contributed by atoms with van der Waals surface area (Å²) in [6.07, 6.45) is 1.03. The number of likely N-dealkylation sites (N-methyl/N-ethyl adjacent to an activating group) is 1. The fraction of sp³-hybridized carbons (Fsp3) is 0.600. The van der Waals surface area contributed by atoms with Crippen molar-refractivity contribution in [3.8, 4) is 5.75 Å². The lowest BCUT2D eigenvalue weighted by molar-refractivity contribution is 0.391. The average molecular weight is 235 g/mol. The highest BCUT2D eigenvalue weighted by atomic mass is 16.5. The van der Waals surface area contributed by atoms with Crippen LogP contribution >= 0.6 is 0 Å². The molecule has 0 atom stereocenters. The Hall–Kier alpha value is -1.02. The molecular formula is C15H25NO. The van der Waals surface area contributed by atoms with Crippen molar-refractivity contribution in [3.63, 3.8) is 0 Å². The van der Waals surface area contributed by atoms with Crippen LogP contribution in [0.15, 0.2) is 18.2 Å². The van der Waals surface area contributed by atoms with Gasteiger partial charge in [0.05, 0.1) is 7.11 Å². The third kappa shape index (κ3) is 4.04. The van der Waals surface area contributed by atoms with E-state index < -0.39 is 0 Å². The second kappa shape index (κ2) is 5.54. The van der Waals surface area contributed by atoms with Gasteiger partial charge in [0.1, 0.15) is 5.75 Å². The quantitative estimate of drug-likeness (QED) is 0.795. The molecule has 0 bridgehead atoms. The standard InChI is InChI=1S/C15H25NO/c1-15(2,3)13-8-7-12(9-10-16(4)5)14(11-13)17-6/h7-8,11H,9-10H2,1-6H3. The Morgan fingerprint density at radius 2 is 1.82 bits per heavy atom. The molecule has 96 valence electrons. The van der Waals surface area contributed by atoms with Gasteiger partial charge in [-0.3, -0.25) is 0 Å². The number of hydrogen-bond donors (Lipinski definition) is 0. The van der Waals surface area contributed by atoms with Crippen LogP contribution < -0.4 is 4.74 Å². The molecule has 0 aromatic heterocycles. The smallest absolute Gasteiger partial charge is 0.122 e. The maximum absolute atomic E-state index is 5.49. The Balaban J connectivity index is 2.93. The molecule has 1 rings (SSSR count). The van der Waals surface area contributed by atoms with Gasteiger partial charge in [0, 0.05) is 6.54 Å². The number of benzene rings is 1. The zero-order chi connectivity index (χ0) is 13.1. The number of nitrogens with zero attached hydrogens (tertiary/aromatic N) is 1. The van der Waals surface area contributed by atoms with Gasteiger partial charge in [0.15, 0.2) is 0 Å². The number of methoxy groups -OCH3 is 1. The predicted molar refractivity (Wildman–Crippen MR) is 74.0 cm³/mol. The van der Waals surface area contributed by atoms with Crippen LogP contribution in [-0.2, 0) is 11.8 Å². The Morgan fingerprint density at radius 3 is 2.29 bits per heavy atom. The first-order valence-corrected chi connectivity index (χ1v) is 6.16. The van der Waals surface area contributed by atoms with Crippen LogP contribution in [0.1, 0.15) is 31.9 Å². The van der Waals surface area contributed by atoms with Crippen LogP contribution in [0.5, 0.6) is 5.75 Å². The molecule has 0 heterocycles. The van der Waals surface area contributed by atoms with Crippen LogP contribution in [0.3, 0.4) is 0 Å². The summed E-state index contributed by atoms with van der Waals surface area (Å²) in [5.74, 6) is 1.01. The van der Waals surface area contributed by atoms with E-state index in [2.05, 4.69) is 58.0 Å². The fourth-order valence-corrected chi connectivity index (χ4v) is 1.76. The first kappa shape index (κ1) is 14.0. The molecule has 0 fully saturated rings. The predicted octanol–water partition coefficient (Wildman–Crippen LogP) is 3.10. The molecule has 0 unspecified atom stereocenters. The molecule has 0 saturated heterocycles. The summed E-state index contributed by atoms with van der Waals surface area (Å²) in [5.41, 5.74) is 2.78. The van der Waals surface area contributed by atoms with E-state index in [1.54, 1.807) is 7.11 Å². The molecule has 0 aliphatic heterocycles. The summed E-state index contributed by atoms with van der Waals surface area (Å²) in [6.45, 7) is 7.72. The molecular weight excluding hydrogens is 210 g/mol. The molecule has 2 nitrogen and oxygen atoms in total. The Morgan fingerprint density at radius 1 is 1.18 bits per heavy atom. The Bertz CT molecular complexity index is 364. The van der Waals surface area contributed by atoms with E-state index in [1.807, 2.05) is 0 Å². The van der Waals surface area contributed by atoms with Crippen LogP contribution in [0.2, 0.25) is 0 Å². The summed E-state index contributed by atoms with van der Waals surface area (Å²) in [4.78, 5) is 2.19. The van der Waals surface area contributed by atoms with Crippen molar-refractivity contribution in [2.24, 2.45) is 0 Å². The monoisotopic (exact) mass is 235 g/mol. The van der Waals surface area contributed by atoms with E-state index in [9.17, 15) is 0 Å². The van der Waals surface area contributed by atoms with E-state index in [-0.39, 0.29) is 5.41 Å². The van der Waals surface area contributed by atoms with E-state index in [0.29, 0.717) is 0 Å². The van der Waals surface area contributed by atoms with Crippen molar-refractivity contribution < 1.29 is 4.74 Å². The minimum atomic E-state index is 0.174. The number of hydrogen-bond acceptors (Lipinski definition) is 2. The van der Waals surface area contributed by atoms with Crippen molar-refractivity contribution >= 4 is 0 Å². The lowest BCUT2D eigenvalue weighted by atomic mass is 9.86. The summed E-state index contributed by atoms with van der Waals surface area (Å²) in [5, 5.41) is 0. The molecule has 0 spiro atoms. The summed E-state index contributed by atoms with van der Waals surface area (Å²) in [7, 11) is 5.94. The molecule has 0 amide bonds. The summed E-state index contributed by atoms with van der Waals surface area (Å²) < 4.78 is 5.49. The van der Waals surface area contributed by atoms with Gasteiger partial charge >= 0.3 is 0 Å². The molecule has 0 aliphatic rings. The highest BCUT2D eigenvalue weighted by Crippen LogP contribution is 2.28. The van der Waals surface area contributed by atoms with Crippen molar-refractivity contribution in [2.75, 3.05) is 27.7 Å². The lowest BCUT2D eigenvalue weighted by Crippen LogP contribution is -2.16. The normalized spacial score (nSPS) is 11.9. The van der Waals surface area contributed by atoms with Crippen molar-refractivity contribution in [2.45, 2.75) is 32.6 Å². The Kier molecular flexibility index (Phi) is 4.58. The largest absolute Gasteiger partial charge is 0.496 e. The maximum atomic E-state index is 5.49. The van der Waals surface area contributed by atoms with E-state index in [1.165, 1.54) is 11.1 Å². The van der Waals surface area contributed by atoms with Crippen molar-refractivity contribution in [1.82, 2.24) is 4.90 Å². The third-order valence-electron chi connectivity index (χ3n) is 2.98. The van der Waals surface area contributed by atoms with E-state index in [0.717, 1.165) is 18.7 Å². The van der Waals surface area contributed by atoms with E-state index in [4.69, 9.17) is 4.74 Å². The fourth-order valence-electron chi connectivity index (χ4n) is 1.76. The van der Waals surface area contributed by atoms with Crippen LogP contribution in [0.4, 0.5) is 0 Å². The highest BCUT2D eigenvalue weighted by molar-refractivity contribution is 5.40. The highest BCUT2D eigenvalue weighted by Gasteiger charge is 2.15. The van der Waals surface area contributed by atoms with Gasteiger partial charge in [0.25, 0.3) is 0 Å². The summed E-state index contributed by atoms with van der Waals surface area (Å²) >= 11 is 0. The maximum Gasteiger partial charge on any atom is 0.122 e. The van der Waals surface area contributed by atoms with Crippen molar-refractivity contribution in [3.05, 3.63) is 29.3 Å². The van der Waals surface area contributed by atoms with E-state index >= 15 is 0 Å². The molecule has 0 saturated carbocycles. The van der Waals surface area contributed by atoms with Gasteiger partial charge < -0.3 is 9.64 Å². The topological polar surface area (TPSA) is 12.5 Å². The molecule has 0 radical (unpaired) electrons. The SMILES string of the molecule is COc1cc(C(C)(C)C)ccc1CCN(C)C. The molecule has 1 aromatic rings. The third-order valence-corrected chi connectivity index (χ3v) is 2.98. The van der Waals surface area contributed by atoms with Crippen LogP contribution in [0.25, 0.3) is 0 Å². The van der Waals surface area contributed by atoms with Gasteiger partial charge in [-0.05, 0) is 43.1 Å². The van der Waals surface area contributed by atoms with Gasteiger partial charge in [-0.2, -0.15) is 0 Å². The molecule has 2 heteroatoms. The lowest BCUT2D eigenvalue weighted by Gasteiger charge is -2.21. The van der Waals surface area contributed by atoms with Crippen LogP contribution in [0, 0.1) is 0 Å². The first-order valence-electron chi connectivity index (χ1n) is 6.16. The second-order valence-corrected chi connectivity index (χ2v) is 5.83. The molecule has 0 aliphatic carbocycles. The molecule has 0 N–H and O–H groups in total. The van der Waals surface area contributed by atoms with Crippen LogP contribution in [-0.4, -0.2) is 32.6 Å². The van der Waals surface area contributed by atoms with Gasteiger partial charge in [-0.15, -0.1) is 0 Å². The van der Waals surface area contributed by atoms with Gasteiger partial charge in [0.2, 0.25) is 0 Å². The average Bonchev–Trinajstić information content (AvgIpc) is 2.24. The minimum Gasteiger partial charge on any atom is -0.496 e. The minimum absolute atomic E-state index is 0.174. The van der Waals surface area contributed by atoms with Gasteiger partial charge in [-0.1, -0.05) is 32.9 Å². The second-order valence-electron chi connectivity index (χ2n) is 5.83.